The minimum absolute atomic E-state index is 0.243. The van der Waals surface area contributed by atoms with Crippen molar-refractivity contribution in [1.29, 1.82) is 0 Å². The molecule has 0 spiro atoms. The summed E-state index contributed by atoms with van der Waals surface area (Å²) in [6, 6.07) is 5.84. The first-order valence-electron chi connectivity index (χ1n) is 5.55. The smallest absolute Gasteiger partial charge is 0.323 e. The molecule has 0 atom stereocenters. The number of halogens is 1. The largest absolute Gasteiger partial charge is 0.480 e. The summed E-state index contributed by atoms with van der Waals surface area (Å²) in [5.74, 6) is -1.06. The normalized spacial score (nSPS) is 11.0. The van der Waals surface area contributed by atoms with Crippen LogP contribution in [0.4, 0.5) is 4.39 Å². The maximum absolute atomic E-state index is 13.2. The summed E-state index contributed by atoms with van der Waals surface area (Å²) in [6.07, 6.45) is 2.87. The second kappa shape index (κ2) is 4.24. The molecule has 0 bridgehead atoms. The van der Waals surface area contributed by atoms with Crippen molar-refractivity contribution in [2.24, 2.45) is 0 Å². The number of hydrogen-bond donors (Lipinski definition) is 1. The van der Waals surface area contributed by atoms with Crippen LogP contribution in [0.3, 0.4) is 0 Å². The second-order valence-electron chi connectivity index (χ2n) is 4.05. The number of oxazole rings is 1. The van der Waals surface area contributed by atoms with Crippen molar-refractivity contribution in [3.8, 4) is 11.6 Å². The number of rotatable bonds is 3. The summed E-state index contributed by atoms with van der Waals surface area (Å²) in [5, 5.41) is 9.58. The first-order valence-corrected chi connectivity index (χ1v) is 5.55. The van der Waals surface area contributed by atoms with Gasteiger partial charge in [0.15, 0.2) is 0 Å². The predicted octanol–water partition coefficient (Wildman–Crippen LogP) is 2.52. The van der Waals surface area contributed by atoms with E-state index in [0.717, 1.165) is 0 Å². The lowest BCUT2D eigenvalue weighted by Crippen LogP contribution is -2.09. The van der Waals surface area contributed by atoms with Gasteiger partial charge >= 0.3 is 5.97 Å². The monoisotopic (exact) mass is 260 g/mol. The van der Waals surface area contributed by atoms with Crippen molar-refractivity contribution in [3.63, 3.8) is 0 Å². The Kier molecular flexibility index (Phi) is 2.56. The predicted molar refractivity (Wildman–Crippen MR) is 65.0 cm³/mol. The topological polar surface area (TPSA) is 68.3 Å². The summed E-state index contributed by atoms with van der Waals surface area (Å²) >= 11 is 0. The van der Waals surface area contributed by atoms with Crippen LogP contribution in [-0.2, 0) is 11.3 Å². The van der Waals surface area contributed by atoms with Gasteiger partial charge < -0.3 is 14.1 Å². The third-order valence-electron chi connectivity index (χ3n) is 2.81. The average molecular weight is 260 g/mol. The van der Waals surface area contributed by atoms with Gasteiger partial charge in [-0.2, -0.15) is 0 Å². The highest BCUT2D eigenvalue weighted by molar-refractivity contribution is 5.87. The van der Waals surface area contributed by atoms with Gasteiger partial charge in [-0.05, 0) is 24.3 Å². The fraction of sp³-hybridized carbons (Fsp3) is 0.0769. The number of aliphatic carboxylic acids is 1. The van der Waals surface area contributed by atoms with Crippen LogP contribution >= 0.6 is 0 Å². The molecule has 0 radical (unpaired) electrons. The van der Waals surface area contributed by atoms with E-state index in [0.29, 0.717) is 22.5 Å². The number of benzene rings is 1. The number of carboxylic acid groups (broad SMARTS) is 1. The third kappa shape index (κ3) is 1.97. The Morgan fingerprint density at radius 1 is 1.42 bits per heavy atom. The van der Waals surface area contributed by atoms with Gasteiger partial charge in [-0.15, -0.1) is 0 Å². The van der Waals surface area contributed by atoms with Gasteiger partial charge in [0, 0.05) is 10.9 Å². The molecule has 3 rings (SSSR count). The van der Waals surface area contributed by atoms with Gasteiger partial charge in [0.25, 0.3) is 0 Å². The maximum Gasteiger partial charge on any atom is 0.323 e. The molecular weight excluding hydrogens is 251 g/mol. The van der Waals surface area contributed by atoms with E-state index in [1.54, 1.807) is 12.1 Å². The second-order valence-corrected chi connectivity index (χ2v) is 4.05. The van der Waals surface area contributed by atoms with Gasteiger partial charge in [-0.1, -0.05) is 0 Å². The molecule has 0 aliphatic heterocycles. The van der Waals surface area contributed by atoms with Gasteiger partial charge in [-0.3, -0.25) is 4.79 Å². The van der Waals surface area contributed by atoms with Crippen LogP contribution in [0.15, 0.2) is 41.1 Å². The number of carbonyl (C=O) groups is 1. The van der Waals surface area contributed by atoms with Crippen molar-refractivity contribution in [2.45, 2.75) is 6.54 Å². The highest BCUT2D eigenvalue weighted by atomic mass is 19.1. The molecule has 96 valence electrons. The Labute approximate surface area is 106 Å². The molecule has 0 unspecified atom stereocenters. The van der Waals surface area contributed by atoms with Crippen molar-refractivity contribution in [1.82, 2.24) is 9.55 Å². The summed E-state index contributed by atoms with van der Waals surface area (Å²) in [6.45, 7) is -0.243. The van der Waals surface area contributed by atoms with Crippen LogP contribution in [-0.4, -0.2) is 20.6 Å². The van der Waals surface area contributed by atoms with E-state index in [2.05, 4.69) is 4.98 Å². The lowest BCUT2D eigenvalue weighted by Gasteiger charge is -2.05. The molecule has 0 saturated heterocycles. The number of nitrogens with zero attached hydrogens (tertiary/aromatic N) is 2. The zero-order valence-electron chi connectivity index (χ0n) is 9.71. The third-order valence-corrected chi connectivity index (χ3v) is 2.81. The number of fused-ring (bicyclic) bond motifs is 1. The molecule has 2 heterocycles. The van der Waals surface area contributed by atoms with Crippen molar-refractivity contribution in [3.05, 3.63) is 42.5 Å². The van der Waals surface area contributed by atoms with Gasteiger partial charge in [0.2, 0.25) is 5.89 Å². The van der Waals surface area contributed by atoms with Gasteiger partial charge in [-0.25, -0.2) is 9.37 Å². The fourth-order valence-corrected chi connectivity index (χ4v) is 2.07. The Balaban J connectivity index is 2.27. The zero-order chi connectivity index (χ0) is 13.4. The number of aromatic nitrogens is 2. The van der Waals surface area contributed by atoms with E-state index in [1.807, 2.05) is 0 Å². The first-order chi connectivity index (χ1) is 9.15. The molecule has 2 aromatic heterocycles. The molecule has 0 aliphatic carbocycles. The van der Waals surface area contributed by atoms with Crippen molar-refractivity contribution in [2.75, 3.05) is 0 Å². The van der Waals surface area contributed by atoms with Crippen LogP contribution in [0.2, 0.25) is 0 Å². The molecule has 19 heavy (non-hydrogen) atoms. The SMILES string of the molecule is O=C(O)Cn1c(-c2ncco2)cc2cc(F)ccc21. The summed E-state index contributed by atoms with van der Waals surface area (Å²) in [5.41, 5.74) is 1.13. The Morgan fingerprint density at radius 2 is 2.26 bits per heavy atom. The first kappa shape index (κ1) is 11.5. The molecule has 1 N–H and O–H groups in total. The summed E-state index contributed by atoms with van der Waals surface area (Å²) < 4.78 is 19.9. The Bertz CT molecular complexity index is 747. The van der Waals surface area contributed by atoms with E-state index >= 15 is 0 Å². The quantitative estimate of drug-likeness (QED) is 0.785. The summed E-state index contributed by atoms with van der Waals surface area (Å²) in [4.78, 5) is 15.0. The molecule has 0 aliphatic rings. The minimum Gasteiger partial charge on any atom is -0.480 e. The fourth-order valence-electron chi connectivity index (χ4n) is 2.07. The Morgan fingerprint density at radius 3 is 2.95 bits per heavy atom. The lowest BCUT2D eigenvalue weighted by atomic mass is 10.2. The van der Waals surface area contributed by atoms with E-state index in [4.69, 9.17) is 9.52 Å². The molecular formula is C13H9FN2O3. The molecule has 0 amide bonds. The highest BCUT2D eigenvalue weighted by Gasteiger charge is 2.16. The van der Waals surface area contributed by atoms with Crippen LogP contribution < -0.4 is 0 Å². The van der Waals surface area contributed by atoms with E-state index < -0.39 is 5.97 Å². The molecule has 1 aromatic carbocycles. The van der Waals surface area contributed by atoms with Crippen molar-refractivity contribution >= 4 is 16.9 Å². The van der Waals surface area contributed by atoms with Gasteiger partial charge in [0.05, 0.1) is 6.20 Å². The van der Waals surface area contributed by atoms with Crippen LogP contribution in [0.5, 0.6) is 0 Å². The Hall–Kier alpha value is -2.63. The molecule has 0 fully saturated rings. The molecule has 0 saturated carbocycles. The van der Waals surface area contributed by atoms with E-state index in [-0.39, 0.29) is 12.4 Å². The van der Waals surface area contributed by atoms with E-state index in [1.165, 1.54) is 29.2 Å². The highest BCUT2D eigenvalue weighted by Crippen LogP contribution is 2.27. The van der Waals surface area contributed by atoms with Crippen LogP contribution in [0.25, 0.3) is 22.5 Å². The lowest BCUT2D eigenvalue weighted by molar-refractivity contribution is -0.137. The maximum atomic E-state index is 13.2. The number of carboxylic acids is 1. The van der Waals surface area contributed by atoms with Crippen LogP contribution in [0.1, 0.15) is 0 Å². The standard InChI is InChI=1S/C13H9FN2O3/c14-9-1-2-10-8(5-9)6-11(13-15-3-4-19-13)16(10)7-12(17)18/h1-6H,7H2,(H,17,18). The zero-order valence-corrected chi connectivity index (χ0v) is 9.71. The van der Waals surface area contributed by atoms with Crippen molar-refractivity contribution < 1.29 is 18.7 Å². The minimum atomic E-state index is -0.991. The summed E-state index contributed by atoms with van der Waals surface area (Å²) in [7, 11) is 0. The molecule has 3 aromatic rings. The molecule has 6 heteroatoms. The van der Waals surface area contributed by atoms with Gasteiger partial charge in [0.1, 0.15) is 24.3 Å². The molecule has 5 nitrogen and oxygen atoms in total. The van der Waals surface area contributed by atoms with Crippen LogP contribution in [0, 0.1) is 5.82 Å². The van der Waals surface area contributed by atoms with E-state index in [9.17, 15) is 9.18 Å². The number of hydrogen-bond acceptors (Lipinski definition) is 3. The average Bonchev–Trinajstić information content (AvgIpc) is 2.96.